The van der Waals surface area contributed by atoms with Gasteiger partial charge in [0, 0.05) is 0 Å². The Labute approximate surface area is 69.2 Å². The standard InChI is InChI=1S/Co.Fe.Ni.Zn/q4*+2. The summed E-state index contributed by atoms with van der Waals surface area (Å²) in [7, 11) is 0. The van der Waals surface area contributed by atoms with Crippen LogP contribution in [0.4, 0.5) is 0 Å². The first-order chi connectivity index (χ1) is 0. The fraction of sp³-hybridized carbons (Fsp3) is 0. The number of hydrogen-bond donors (Lipinski definition) is 0. The minimum atomic E-state index is 0. The summed E-state index contributed by atoms with van der Waals surface area (Å²) in [4.78, 5) is 0. The largest absolute Gasteiger partial charge is 2.00 e. The summed E-state index contributed by atoms with van der Waals surface area (Å²) >= 11 is 0. The van der Waals surface area contributed by atoms with Gasteiger partial charge in [-0.25, -0.2) is 0 Å². The van der Waals surface area contributed by atoms with Crippen LogP contribution in [0.15, 0.2) is 0 Å². The van der Waals surface area contributed by atoms with Crippen LogP contribution < -0.4 is 0 Å². The Kier molecular flexibility index (Phi) is 170. The van der Waals surface area contributed by atoms with Gasteiger partial charge in [-0.3, -0.25) is 0 Å². The van der Waals surface area contributed by atoms with E-state index < -0.39 is 0 Å². The maximum Gasteiger partial charge on any atom is 2.00 e. The van der Waals surface area contributed by atoms with E-state index in [1.165, 1.54) is 0 Å². The summed E-state index contributed by atoms with van der Waals surface area (Å²) in [6.45, 7) is 0. The van der Waals surface area contributed by atoms with E-state index in [2.05, 4.69) is 0 Å². The third-order valence-corrected chi connectivity index (χ3v) is 0. The third kappa shape index (κ3) is 8.91. The molecule has 0 aromatic rings. The summed E-state index contributed by atoms with van der Waals surface area (Å²) in [6.07, 6.45) is 0. The molecule has 0 aromatic heterocycles. The fourth-order valence-electron chi connectivity index (χ4n) is 0. The van der Waals surface area contributed by atoms with Crippen LogP contribution in [0.1, 0.15) is 0 Å². The maximum atomic E-state index is 0. The third-order valence-electron chi connectivity index (χ3n) is 0. The second-order valence-electron chi connectivity index (χ2n) is 0. The first-order valence-corrected chi connectivity index (χ1v) is 0. The smallest absolute Gasteiger partial charge is 2.00 e. The Bertz CT molecular complexity index is 8.00. The molecule has 0 heterocycles. The van der Waals surface area contributed by atoms with E-state index in [1.807, 2.05) is 0 Å². The minimum absolute atomic E-state index is 0. The molecule has 0 aromatic carbocycles. The number of hydrogen-bond acceptors (Lipinski definition) is 0. The molecule has 0 saturated carbocycles. The van der Waals surface area contributed by atoms with Gasteiger partial charge in [0.15, 0.2) is 0 Å². The second-order valence-corrected chi connectivity index (χ2v) is 0. The Hall–Kier alpha value is 2.14. The normalized spacial score (nSPS) is 0. The first-order valence-electron chi connectivity index (χ1n) is 0. The van der Waals surface area contributed by atoms with Crippen molar-refractivity contribution in [2.45, 2.75) is 0 Å². The van der Waals surface area contributed by atoms with Crippen molar-refractivity contribution in [3.05, 3.63) is 0 Å². The molecule has 0 aliphatic rings. The molecule has 0 amide bonds. The zero-order chi connectivity index (χ0) is 0. The molecular formula is CoFeNiZn+8. The Morgan fingerprint density at radius 3 is 1.00 bits per heavy atom. The van der Waals surface area contributed by atoms with Crippen molar-refractivity contribution >= 4 is 0 Å². The van der Waals surface area contributed by atoms with Crippen LogP contribution in [-0.4, -0.2) is 0 Å². The average molecular weight is 239 g/mol. The molecule has 4 heavy (non-hydrogen) atoms. The van der Waals surface area contributed by atoms with Gasteiger partial charge in [-0.2, -0.15) is 0 Å². The number of rotatable bonds is 0. The molecule has 21 valence electrons. The molecule has 0 spiro atoms. The molecule has 0 fully saturated rings. The van der Waals surface area contributed by atoms with Crippen LogP contribution in [0.3, 0.4) is 0 Å². The molecule has 0 saturated heterocycles. The molecule has 0 unspecified atom stereocenters. The van der Waals surface area contributed by atoms with Gasteiger partial charge < -0.3 is 0 Å². The monoisotopic (exact) mass is 237 g/mol. The molecule has 0 aliphatic heterocycles. The van der Waals surface area contributed by atoms with Gasteiger partial charge in [-0.15, -0.1) is 0 Å². The van der Waals surface area contributed by atoms with Gasteiger partial charge >= 0.3 is 69.8 Å². The van der Waals surface area contributed by atoms with Crippen molar-refractivity contribution in [2.24, 2.45) is 0 Å². The van der Waals surface area contributed by atoms with Gasteiger partial charge in [-0.1, -0.05) is 0 Å². The zero-order valence-electron chi connectivity index (χ0n) is 1.71. The predicted molar refractivity (Wildman–Crippen MR) is 0 cm³/mol. The van der Waals surface area contributed by atoms with Crippen molar-refractivity contribution in [2.75, 3.05) is 0 Å². The Morgan fingerprint density at radius 2 is 1.00 bits per heavy atom. The van der Waals surface area contributed by atoms with Crippen LogP contribution in [0.5, 0.6) is 0 Å². The van der Waals surface area contributed by atoms with Crippen molar-refractivity contribution in [1.29, 1.82) is 0 Å². The van der Waals surface area contributed by atoms with Crippen LogP contribution in [-0.2, 0) is 69.8 Å². The Morgan fingerprint density at radius 1 is 1.00 bits per heavy atom. The molecule has 0 rings (SSSR count). The van der Waals surface area contributed by atoms with Crippen LogP contribution in [0, 0.1) is 0 Å². The van der Waals surface area contributed by atoms with E-state index in [9.17, 15) is 0 Å². The van der Waals surface area contributed by atoms with Crippen molar-refractivity contribution in [1.82, 2.24) is 0 Å². The van der Waals surface area contributed by atoms with E-state index in [-0.39, 0.29) is 69.8 Å². The van der Waals surface area contributed by atoms with E-state index in [0.717, 1.165) is 0 Å². The SMILES string of the molecule is [Co+2].[Fe+2].[Ni+2].[Zn+2]. The summed E-state index contributed by atoms with van der Waals surface area (Å²) in [5.74, 6) is 0. The molecule has 0 N–H and O–H groups in total. The van der Waals surface area contributed by atoms with Gasteiger partial charge in [-0.05, 0) is 0 Å². The summed E-state index contributed by atoms with van der Waals surface area (Å²) in [5.41, 5.74) is 0. The molecule has 1 radical (unpaired) electrons. The molecular weight excluding hydrogens is 239 g/mol. The molecule has 0 aliphatic carbocycles. The van der Waals surface area contributed by atoms with Crippen molar-refractivity contribution in [3.63, 3.8) is 0 Å². The quantitative estimate of drug-likeness (QED) is 0.521. The summed E-state index contributed by atoms with van der Waals surface area (Å²) in [6, 6.07) is 0. The summed E-state index contributed by atoms with van der Waals surface area (Å²) < 4.78 is 0. The van der Waals surface area contributed by atoms with Gasteiger partial charge in [0.05, 0.1) is 0 Å². The van der Waals surface area contributed by atoms with Crippen LogP contribution in [0.2, 0.25) is 0 Å². The maximum absolute atomic E-state index is 0. The second kappa shape index (κ2) is 19.2. The Balaban J connectivity index is 0. The molecule has 4 heteroatoms. The first kappa shape index (κ1) is 35.4. The van der Waals surface area contributed by atoms with E-state index >= 15 is 0 Å². The van der Waals surface area contributed by atoms with Crippen LogP contribution in [0.25, 0.3) is 0 Å². The van der Waals surface area contributed by atoms with Gasteiger partial charge in [0.25, 0.3) is 0 Å². The molecule has 0 atom stereocenters. The van der Waals surface area contributed by atoms with E-state index in [1.54, 1.807) is 0 Å². The van der Waals surface area contributed by atoms with Gasteiger partial charge in [0.2, 0.25) is 0 Å². The zero-order valence-corrected chi connectivity index (χ0v) is 7.81. The molecule has 0 bridgehead atoms. The minimum Gasteiger partial charge on any atom is 2.00 e. The van der Waals surface area contributed by atoms with E-state index in [0.29, 0.717) is 0 Å². The van der Waals surface area contributed by atoms with E-state index in [4.69, 9.17) is 0 Å². The van der Waals surface area contributed by atoms with Crippen molar-refractivity contribution in [3.8, 4) is 0 Å². The fourth-order valence-corrected chi connectivity index (χ4v) is 0. The average Bonchev–Trinajstić information content (AvgIpc) is 0. The van der Waals surface area contributed by atoms with Gasteiger partial charge in [0.1, 0.15) is 0 Å². The topological polar surface area (TPSA) is 0 Å². The van der Waals surface area contributed by atoms with Crippen molar-refractivity contribution < 1.29 is 69.8 Å². The summed E-state index contributed by atoms with van der Waals surface area (Å²) in [5, 5.41) is 0. The predicted octanol–water partition coefficient (Wildman–Crippen LogP) is -0.0100. The molecule has 0 nitrogen and oxygen atoms in total. The van der Waals surface area contributed by atoms with Crippen LogP contribution >= 0.6 is 0 Å².